The van der Waals surface area contributed by atoms with E-state index in [2.05, 4.69) is 19.2 Å². The molecule has 130 valence electrons. The van der Waals surface area contributed by atoms with Gasteiger partial charge >= 0.3 is 0 Å². The normalized spacial score (nSPS) is 10.7. The highest BCUT2D eigenvalue weighted by Gasteiger charge is 2.01. The van der Waals surface area contributed by atoms with E-state index in [1.54, 1.807) is 0 Å². The quantitative estimate of drug-likeness (QED) is 0.602. The molecule has 1 N–H and O–H groups in total. The van der Waals surface area contributed by atoms with E-state index in [0.717, 1.165) is 47.3 Å². The number of hydrogen-bond donors (Lipinski definition) is 1. The van der Waals surface area contributed by atoms with Crippen LogP contribution in [0.25, 0.3) is 0 Å². The first-order valence-electron chi connectivity index (χ1n) is 8.40. The van der Waals surface area contributed by atoms with Crippen LogP contribution in [0.4, 0.5) is 5.69 Å². The van der Waals surface area contributed by atoms with Gasteiger partial charge in [-0.1, -0.05) is 25.4 Å². The molecule has 0 fully saturated rings. The van der Waals surface area contributed by atoms with Gasteiger partial charge in [0.05, 0.1) is 6.61 Å². The fraction of sp³-hybridized carbons (Fsp3) is 0.400. The van der Waals surface area contributed by atoms with Crippen LogP contribution in [0.2, 0.25) is 5.02 Å². The predicted molar refractivity (Wildman–Crippen MR) is 102 cm³/mol. The Kier molecular flexibility index (Phi) is 7.26. The first kappa shape index (κ1) is 18.5. The molecule has 0 amide bonds. The van der Waals surface area contributed by atoms with Crippen molar-refractivity contribution >= 4 is 17.3 Å². The van der Waals surface area contributed by atoms with Crippen LogP contribution in [0.3, 0.4) is 0 Å². The first-order valence-corrected chi connectivity index (χ1v) is 8.78. The topological polar surface area (TPSA) is 30.5 Å². The summed E-state index contributed by atoms with van der Waals surface area (Å²) in [6.07, 6.45) is 1.07. The number of nitrogens with one attached hydrogen (secondary N) is 1. The van der Waals surface area contributed by atoms with E-state index in [1.165, 1.54) is 0 Å². The molecule has 0 aliphatic carbocycles. The number of aryl methyl sites for hydroxylation is 1. The summed E-state index contributed by atoms with van der Waals surface area (Å²) in [5.74, 6) is 2.44. The zero-order valence-electron chi connectivity index (χ0n) is 14.6. The molecular formula is C20H26ClNO2. The Bertz CT molecular complexity index is 626. The first-order chi connectivity index (χ1) is 11.5. The summed E-state index contributed by atoms with van der Waals surface area (Å²) in [5.41, 5.74) is 2.10. The number of benzene rings is 2. The van der Waals surface area contributed by atoms with Crippen LogP contribution in [-0.4, -0.2) is 19.8 Å². The number of halogens is 1. The second kappa shape index (κ2) is 9.43. The molecule has 0 aliphatic heterocycles. The molecule has 0 bridgehead atoms. The van der Waals surface area contributed by atoms with Crippen molar-refractivity contribution in [1.29, 1.82) is 0 Å². The van der Waals surface area contributed by atoms with Gasteiger partial charge in [0, 0.05) is 17.3 Å². The van der Waals surface area contributed by atoms with E-state index in [0.29, 0.717) is 12.5 Å². The molecule has 0 aliphatic rings. The lowest BCUT2D eigenvalue weighted by atomic mass is 10.1. The van der Waals surface area contributed by atoms with Crippen LogP contribution in [0.5, 0.6) is 11.5 Å². The summed E-state index contributed by atoms with van der Waals surface area (Å²) in [6, 6.07) is 13.7. The van der Waals surface area contributed by atoms with Crippen molar-refractivity contribution < 1.29 is 9.47 Å². The second-order valence-corrected chi connectivity index (χ2v) is 6.68. The van der Waals surface area contributed by atoms with Gasteiger partial charge in [0.25, 0.3) is 0 Å². The summed E-state index contributed by atoms with van der Waals surface area (Å²) >= 11 is 5.94. The van der Waals surface area contributed by atoms with Crippen LogP contribution >= 0.6 is 11.6 Å². The van der Waals surface area contributed by atoms with Gasteiger partial charge < -0.3 is 14.8 Å². The standard InChI is InChI=1S/C20H26ClNO2/c1-15(2)10-12-23-19-7-5-18(6-8-19)22-11-13-24-20-9-4-17(21)14-16(20)3/h4-9,14-15,22H,10-13H2,1-3H3. The third-order valence-electron chi connectivity index (χ3n) is 3.64. The van der Waals surface area contributed by atoms with Crippen molar-refractivity contribution in [2.75, 3.05) is 25.1 Å². The van der Waals surface area contributed by atoms with Crippen molar-refractivity contribution in [2.45, 2.75) is 27.2 Å². The lowest BCUT2D eigenvalue weighted by Crippen LogP contribution is -2.11. The third-order valence-corrected chi connectivity index (χ3v) is 3.88. The van der Waals surface area contributed by atoms with E-state index in [-0.39, 0.29) is 0 Å². The van der Waals surface area contributed by atoms with Gasteiger partial charge in [-0.3, -0.25) is 0 Å². The SMILES string of the molecule is Cc1cc(Cl)ccc1OCCNc1ccc(OCCC(C)C)cc1. The predicted octanol–water partition coefficient (Wildman–Crippen LogP) is 5.56. The minimum atomic E-state index is 0.592. The fourth-order valence-corrected chi connectivity index (χ4v) is 2.44. The Hall–Kier alpha value is -1.87. The largest absolute Gasteiger partial charge is 0.494 e. The Morgan fingerprint density at radius 1 is 1.00 bits per heavy atom. The number of ether oxygens (including phenoxy) is 2. The van der Waals surface area contributed by atoms with E-state index >= 15 is 0 Å². The molecule has 2 rings (SSSR count). The summed E-state index contributed by atoms with van der Waals surface area (Å²) in [6.45, 7) is 8.48. The van der Waals surface area contributed by atoms with Crippen molar-refractivity contribution in [3.63, 3.8) is 0 Å². The lowest BCUT2D eigenvalue weighted by molar-refractivity contribution is 0.289. The van der Waals surface area contributed by atoms with Gasteiger partial charge in [0.15, 0.2) is 0 Å². The summed E-state index contributed by atoms with van der Waals surface area (Å²) < 4.78 is 11.5. The Morgan fingerprint density at radius 3 is 2.42 bits per heavy atom. The maximum Gasteiger partial charge on any atom is 0.122 e. The average Bonchev–Trinajstić information content (AvgIpc) is 2.54. The van der Waals surface area contributed by atoms with E-state index in [1.807, 2.05) is 49.4 Å². The molecule has 0 atom stereocenters. The highest BCUT2D eigenvalue weighted by Crippen LogP contribution is 2.21. The smallest absolute Gasteiger partial charge is 0.122 e. The van der Waals surface area contributed by atoms with Crippen LogP contribution in [0.15, 0.2) is 42.5 Å². The van der Waals surface area contributed by atoms with Gasteiger partial charge in [-0.15, -0.1) is 0 Å². The van der Waals surface area contributed by atoms with E-state index < -0.39 is 0 Å². The summed E-state index contributed by atoms with van der Waals surface area (Å²) in [4.78, 5) is 0. The van der Waals surface area contributed by atoms with E-state index in [4.69, 9.17) is 21.1 Å². The molecule has 0 aromatic heterocycles. The summed E-state index contributed by atoms with van der Waals surface area (Å²) in [5, 5.41) is 4.07. The third kappa shape index (κ3) is 6.32. The monoisotopic (exact) mass is 347 g/mol. The van der Waals surface area contributed by atoms with Gasteiger partial charge in [-0.05, 0) is 67.3 Å². The molecule has 0 heterocycles. The maximum atomic E-state index is 5.94. The molecule has 3 nitrogen and oxygen atoms in total. The van der Waals surface area contributed by atoms with Gasteiger partial charge in [-0.2, -0.15) is 0 Å². The molecule has 0 saturated carbocycles. The molecule has 4 heteroatoms. The number of rotatable bonds is 9. The van der Waals surface area contributed by atoms with E-state index in [9.17, 15) is 0 Å². The maximum absolute atomic E-state index is 5.94. The van der Waals surface area contributed by atoms with Crippen LogP contribution < -0.4 is 14.8 Å². The van der Waals surface area contributed by atoms with Crippen LogP contribution in [0.1, 0.15) is 25.8 Å². The highest BCUT2D eigenvalue weighted by atomic mass is 35.5. The summed E-state index contributed by atoms with van der Waals surface area (Å²) in [7, 11) is 0. The Balaban J connectivity index is 1.70. The number of hydrogen-bond acceptors (Lipinski definition) is 3. The molecule has 0 radical (unpaired) electrons. The van der Waals surface area contributed by atoms with Gasteiger partial charge in [0.1, 0.15) is 18.1 Å². The minimum Gasteiger partial charge on any atom is -0.494 e. The van der Waals surface area contributed by atoms with Crippen LogP contribution in [0, 0.1) is 12.8 Å². The van der Waals surface area contributed by atoms with Gasteiger partial charge in [0.2, 0.25) is 0 Å². The number of anilines is 1. The van der Waals surface area contributed by atoms with Crippen molar-refractivity contribution in [3.05, 3.63) is 53.1 Å². The lowest BCUT2D eigenvalue weighted by Gasteiger charge is -2.12. The molecular weight excluding hydrogens is 322 g/mol. The second-order valence-electron chi connectivity index (χ2n) is 6.24. The van der Waals surface area contributed by atoms with Gasteiger partial charge in [-0.25, -0.2) is 0 Å². The average molecular weight is 348 g/mol. The molecule has 2 aromatic carbocycles. The Morgan fingerprint density at radius 2 is 1.75 bits per heavy atom. The zero-order chi connectivity index (χ0) is 17.4. The highest BCUT2D eigenvalue weighted by molar-refractivity contribution is 6.30. The van der Waals surface area contributed by atoms with Crippen LogP contribution in [-0.2, 0) is 0 Å². The van der Waals surface area contributed by atoms with Crippen molar-refractivity contribution in [2.24, 2.45) is 5.92 Å². The molecule has 24 heavy (non-hydrogen) atoms. The van der Waals surface area contributed by atoms with Crippen molar-refractivity contribution in [3.8, 4) is 11.5 Å². The van der Waals surface area contributed by atoms with Crippen molar-refractivity contribution in [1.82, 2.24) is 0 Å². The minimum absolute atomic E-state index is 0.592. The molecule has 0 saturated heterocycles. The molecule has 2 aromatic rings. The molecule has 0 unspecified atom stereocenters. The zero-order valence-corrected chi connectivity index (χ0v) is 15.4. The fourth-order valence-electron chi connectivity index (χ4n) is 2.21. The Labute approximate surface area is 149 Å². The molecule has 0 spiro atoms.